The Labute approximate surface area is 187 Å². The molecular weight excluding hydrogens is 410 g/mol. The highest BCUT2D eigenvalue weighted by Gasteiger charge is 2.19. The summed E-state index contributed by atoms with van der Waals surface area (Å²) in [7, 11) is 6.26. The molecule has 0 bridgehead atoms. The summed E-state index contributed by atoms with van der Waals surface area (Å²) >= 11 is 0. The first-order valence-corrected chi connectivity index (χ1v) is 10.3. The largest absolute Gasteiger partial charge is 0.497 e. The van der Waals surface area contributed by atoms with Crippen molar-refractivity contribution in [2.24, 2.45) is 4.99 Å². The van der Waals surface area contributed by atoms with E-state index < -0.39 is 0 Å². The molecule has 0 saturated carbocycles. The summed E-state index contributed by atoms with van der Waals surface area (Å²) in [6.45, 7) is 3.89. The molecule has 0 atom stereocenters. The first kappa shape index (κ1) is 23.0. The fourth-order valence-corrected chi connectivity index (χ4v) is 3.58. The lowest BCUT2D eigenvalue weighted by Crippen LogP contribution is -2.19. The number of ether oxygens (including phenoxy) is 4. The van der Waals surface area contributed by atoms with Crippen LogP contribution >= 0.6 is 0 Å². The lowest BCUT2D eigenvalue weighted by Gasteiger charge is -2.13. The number of aromatic amines is 1. The summed E-state index contributed by atoms with van der Waals surface area (Å²) in [5, 5.41) is 3.25. The number of aryl methyl sites for hydroxylation is 1. The number of H-pyrrole nitrogens is 1. The quantitative estimate of drug-likeness (QED) is 0.503. The van der Waals surface area contributed by atoms with Gasteiger partial charge in [-0.3, -0.25) is 14.9 Å². The maximum absolute atomic E-state index is 13.3. The van der Waals surface area contributed by atoms with Crippen LogP contribution in [0.2, 0.25) is 0 Å². The molecule has 8 heteroatoms. The number of nitrogens with zero attached hydrogens (tertiary/aromatic N) is 2. The molecule has 3 rings (SSSR count). The van der Waals surface area contributed by atoms with E-state index in [1.807, 2.05) is 31.2 Å². The van der Waals surface area contributed by atoms with Crippen molar-refractivity contribution in [3.05, 3.63) is 58.0 Å². The molecule has 32 heavy (non-hydrogen) atoms. The van der Waals surface area contributed by atoms with E-state index in [-0.39, 0.29) is 5.56 Å². The minimum absolute atomic E-state index is 0.160. The number of aromatic nitrogens is 2. The van der Waals surface area contributed by atoms with Crippen LogP contribution in [0.5, 0.6) is 23.0 Å². The first-order valence-electron chi connectivity index (χ1n) is 10.3. The van der Waals surface area contributed by atoms with Crippen molar-refractivity contribution >= 4 is 11.4 Å². The zero-order chi connectivity index (χ0) is 23.3. The normalized spacial score (nSPS) is 11.4. The predicted octanol–water partition coefficient (Wildman–Crippen LogP) is 4.29. The molecule has 0 amide bonds. The van der Waals surface area contributed by atoms with Gasteiger partial charge >= 0.3 is 0 Å². The Morgan fingerprint density at radius 1 is 0.969 bits per heavy atom. The van der Waals surface area contributed by atoms with E-state index in [1.54, 1.807) is 40.6 Å². The first-order chi connectivity index (χ1) is 15.5. The highest BCUT2D eigenvalue weighted by atomic mass is 16.5. The molecule has 170 valence electrons. The lowest BCUT2D eigenvalue weighted by atomic mass is 10.1. The summed E-state index contributed by atoms with van der Waals surface area (Å²) in [6, 6.07) is 10.8. The summed E-state index contributed by atoms with van der Waals surface area (Å²) in [5.74, 6) is 2.21. The number of hydrogen-bond donors (Lipinski definition) is 1. The minimum atomic E-state index is -0.160. The van der Waals surface area contributed by atoms with Gasteiger partial charge in [-0.05, 0) is 37.6 Å². The second-order valence-electron chi connectivity index (χ2n) is 7.13. The zero-order valence-electron chi connectivity index (χ0n) is 19.3. The van der Waals surface area contributed by atoms with Gasteiger partial charge in [-0.25, -0.2) is 4.68 Å². The summed E-state index contributed by atoms with van der Waals surface area (Å²) in [5.41, 5.74) is 3.14. The van der Waals surface area contributed by atoms with Crippen molar-refractivity contribution in [1.29, 1.82) is 0 Å². The molecule has 3 aromatic rings. The maximum atomic E-state index is 13.3. The average molecular weight is 440 g/mol. The molecule has 1 aromatic heterocycles. The number of rotatable bonds is 9. The van der Waals surface area contributed by atoms with Crippen LogP contribution in [0.15, 0.2) is 46.2 Å². The number of nitrogens with one attached hydrogen (secondary N) is 1. The van der Waals surface area contributed by atoms with E-state index in [9.17, 15) is 4.79 Å². The summed E-state index contributed by atoms with van der Waals surface area (Å²) in [6.07, 6.45) is 1.60. The van der Waals surface area contributed by atoms with Crippen LogP contribution in [0.3, 0.4) is 0 Å². The van der Waals surface area contributed by atoms with Gasteiger partial charge in [0.1, 0.15) is 5.75 Å². The van der Waals surface area contributed by atoms with Crippen LogP contribution < -0.4 is 24.5 Å². The van der Waals surface area contributed by atoms with Crippen LogP contribution in [-0.4, -0.2) is 43.9 Å². The van der Waals surface area contributed by atoms with Crippen LogP contribution in [-0.2, 0) is 6.42 Å². The Morgan fingerprint density at radius 3 is 2.09 bits per heavy atom. The molecule has 0 aliphatic carbocycles. The zero-order valence-corrected chi connectivity index (χ0v) is 19.3. The summed E-state index contributed by atoms with van der Waals surface area (Å²) < 4.78 is 23.0. The van der Waals surface area contributed by atoms with Crippen LogP contribution in [0, 0.1) is 0 Å². The van der Waals surface area contributed by atoms with E-state index in [4.69, 9.17) is 23.9 Å². The standard InChI is InChI=1S/C24H29N3O5/c1-7-8-19-22(24(28)27(26-19)17-9-11-18(29-3)12-10-17)15(2)25-16-13-20(30-4)23(32-6)21(14-16)31-5/h9-14,26H,7-8H2,1-6H3. The minimum Gasteiger partial charge on any atom is -0.497 e. The van der Waals surface area contributed by atoms with Gasteiger partial charge in [0, 0.05) is 17.8 Å². The van der Waals surface area contributed by atoms with Crippen LogP contribution in [0.1, 0.15) is 31.5 Å². The van der Waals surface area contributed by atoms with Crippen molar-refractivity contribution in [1.82, 2.24) is 9.78 Å². The molecule has 0 saturated heterocycles. The van der Waals surface area contributed by atoms with Crippen molar-refractivity contribution in [2.75, 3.05) is 28.4 Å². The molecule has 0 radical (unpaired) electrons. The molecule has 0 fully saturated rings. The average Bonchev–Trinajstić information content (AvgIpc) is 3.14. The second kappa shape index (κ2) is 10.1. The van der Waals surface area contributed by atoms with Gasteiger partial charge in [0.15, 0.2) is 11.5 Å². The second-order valence-corrected chi connectivity index (χ2v) is 7.13. The van der Waals surface area contributed by atoms with Gasteiger partial charge in [0.2, 0.25) is 5.75 Å². The fourth-order valence-electron chi connectivity index (χ4n) is 3.58. The van der Waals surface area contributed by atoms with Crippen molar-refractivity contribution in [2.45, 2.75) is 26.7 Å². The molecule has 0 aliphatic rings. The van der Waals surface area contributed by atoms with E-state index >= 15 is 0 Å². The monoisotopic (exact) mass is 439 g/mol. The Kier molecular flexibility index (Phi) is 7.25. The molecule has 0 unspecified atom stereocenters. The van der Waals surface area contributed by atoms with Gasteiger partial charge in [0.05, 0.1) is 51.1 Å². The highest BCUT2D eigenvalue weighted by molar-refractivity contribution is 6.01. The van der Waals surface area contributed by atoms with Gasteiger partial charge in [-0.1, -0.05) is 13.3 Å². The highest BCUT2D eigenvalue weighted by Crippen LogP contribution is 2.41. The van der Waals surface area contributed by atoms with Crippen molar-refractivity contribution < 1.29 is 18.9 Å². The third kappa shape index (κ3) is 4.49. The number of benzene rings is 2. The SMILES string of the molecule is CCCc1[nH]n(-c2ccc(OC)cc2)c(=O)c1C(C)=Nc1cc(OC)c(OC)c(OC)c1. The van der Waals surface area contributed by atoms with Gasteiger partial charge in [-0.15, -0.1) is 0 Å². The van der Waals surface area contributed by atoms with Crippen LogP contribution in [0.25, 0.3) is 5.69 Å². The molecule has 1 heterocycles. The Morgan fingerprint density at radius 2 is 1.59 bits per heavy atom. The van der Waals surface area contributed by atoms with Gasteiger partial charge < -0.3 is 18.9 Å². The Balaban J connectivity index is 2.11. The molecular formula is C24H29N3O5. The van der Waals surface area contributed by atoms with E-state index in [0.29, 0.717) is 34.2 Å². The third-order valence-electron chi connectivity index (χ3n) is 5.10. The smallest absolute Gasteiger partial charge is 0.280 e. The van der Waals surface area contributed by atoms with E-state index in [1.165, 1.54) is 4.68 Å². The Hall–Kier alpha value is -3.68. The topological polar surface area (TPSA) is 87.1 Å². The third-order valence-corrected chi connectivity index (χ3v) is 5.10. The predicted molar refractivity (Wildman–Crippen MR) is 125 cm³/mol. The van der Waals surface area contributed by atoms with Crippen LogP contribution in [0.4, 0.5) is 5.69 Å². The maximum Gasteiger partial charge on any atom is 0.280 e. The van der Waals surface area contributed by atoms with Gasteiger partial charge in [0.25, 0.3) is 5.56 Å². The number of hydrogen-bond acceptors (Lipinski definition) is 6. The number of aliphatic imine (C=N–C) groups is 1. The lowest BCUT2D eigenvalue weighted by molar-refractivity contribution is 0.324. The van der Waals surface area contributed by atoms with E-state index in [2.05, 4.69) is 12.0 Å². The Bertz CT molecular complexity index is 1130. The van der Waals surface area contributed by atoms with Gasteiger partial charge in [-0.2, -0.15) is 0 Å². The number of methoxy groups -OCH3 is 4. The van der Waals surface area contributed by atoms with E-state index in [0.717, 1.165) is 30.0 Å². The molecule has 1 N–H and O–H groups in total. The fraction of sp³-hybridized carbons (Fsp3) is 0.333. The van der Waals surface area contributed by atoms with Crippen molar-refractivity contribution in [3.8, 4) is 28.7 Å². The molecule has 2 aromatic carbocycles. The molecule has 0 aliphatic heterocycles. The molecule has 0 spiro atoms. The molecule has 8 nitrogen and oxygen atoms in total. The van der Waals surface area contributed by atoms with Crippen molar-refractivity contribution in [3.63, 3.8) is 0 Å². The summed E-state index contributed by atoms with van der Waals surface area (Å²) in [4.78, 5) is 18.1.